The number of hydrogen-bond donors (Lipinski definition) is 2. The molecule has 2 aromatic rings. The SMILES string of the molecule is O=C1/C(=C/c2c(NCCO)nc3ccccn3c2=O)SC(=S)N1C[C@@H]1CCCO1. The number of carbonyl (C=O) groups excluding carboxylic acids is 1. The maximum Gasteiger partial charge on any atom is 0.267 e. The largest absolute Gasteiger partial charge is 0.395 e. The van der Waals surface area contributed by atoms with Crippen molar-refractivity contribution in [3.05, 3.63) is 45.2 Å². The first-order valence-electron chi connectivity index (χ1n) is 9.31. The number of hydrogen-bond acceptors (Lipinski definition) is 8. The molecule has 0 saturated carbocycles. The Balaban J connectivity index is 1.71. The topological polar surface area (TPSA) is 96.2 Å². The summed E-state index contributed by atoms with van der Waals surface area (Å²) in [6, 6.07) is 5.24. The van der Waals surface area contributed by atoms with Crippen LogP contribution in [0.1, 0.15) is 18.4 Å². The van der Waals surface area contributed by atoms with Crippen molar-refractivity contribution in [2.24, 2.45) is 0 Å². The van der Waals surface area contributed by atoms with Gasteiger partial charge in [0.15, 0.2) is 0 Å². The highest BCUT2D eigenvalue weighted by molar-refractivity contribution is 8.26. The van der Waals surface area contributed by atoms with Crippen LogP contribution in [0.25, 0.3) is 11.7 Å². The van der Waals surface area contributed by atoms with E-state index in [4.69, 9.17) is 22.1 Å². The van der Waals surface area contributed by atoms with Gasteiger partial charge >= 0.3 is 0 Å². The summed E-state index contributed by atoms with van der Waals surface area (Å²) in [5.41, 5.74) is 0.418. The minimum Gasteiger partial charge on any atom is -0.395 e. The van der Waals surface area contributed by atoms with E-state index in [-0.39, 0.29) is 36.3 Å². The number of aliphatic hydroxyl groups excluding tert-OH is 1. The van der Waals surface area contributed by atoms with E-state index in [1.54, 1.807) is 24.4 Å². The average molecular weight is 433 g/mol. The van der Waals surface area contributed by atoms with E-state index < -0.39 is 0 Å². The monoisotopic (exact) mass is 432 g/mol. The molecule has 2 N–H and O–H groups in total. The van der Waals surface area contributed by atoms with Gasteiger partial charge in [-0.2, -0.15) is 0 Å². The van der Waals surface area contributed by atoms with Crippen LogP contribution < -0.4 is 10.9 Å². The Morgan fingerprint density at radius 1 is 1.41 bits per heavy atom. The van der Waals surface area contributed by atoms with Crippen molar-refractivity contribution >= 4 is 51.7 Å². The van der Waals surface area contributed by atoms with Gasteiger partial charge in [0.25, 0.3) is 11.5 Å². The van der Waals surface area contributed by atoms with Gasteiger partial charge in [0.05, 0.1) is 29.7 Å². The number of rotatable bonds is 6. The Labute approximate surface area is 176 Å². The summed E-state index contributed by atoms with van der Waals surface area (Å²) >= 11 is 6.55. The second-order valence-corrected chi connectivity index (χ2v) is 8.36. The molecule has 4 heterocycles. The normalized spacial score (nSPS) is 20.9. The van der Waals surface area contributed by atoms with Crippen LogP contribution in [-0.4, -0.2) is 62.0 Å². The van der Waals surface area contributed by atoms with Gasteiger partial charge in [-0.25, -0.2) is 4.98 Å². The highest BCUT2D eigenvalue weighted by Crippen LogP contribution is 2.34. The second kappa shape index (κ2) is 8.62. The van der Waals surface area contributed by atoms with E-state index in [0.29, 0.717) is 33.8 Å². The number of ether oxygens (including phenoxy) is 1. The molecule has 8 nitrogen and oxygen atoms in total. The summed E-state index contributed by atoms with van der Waals surface area (Å²) < 4.78 is 7.49. The molecule has 2 saturated heterocycles. The lowest BCUT2D eigenvalue weighted by Gasteiger charge is -2.18. The molecular weight excluding hydrogens is 412 g/mol. The van der Waals surface area contributed by atoms with Gasteiger partial charge < -0.3 is 15.2 Å². The van der Waals surface area contributed by atoms with E-state index in [1.165, 1.54) is 27.1 Å². The van der Waals surface area contributed by atoms with Crippen molar-refractivity contribution in [1.29, 1.82) is 0 Å². The molecule has 152 valence electrons. The summed E-state index contributed by atoms with van der Waals surface area (Å²) in [6.07, 6.45) is 5.03. The fourth-order valence-corrected chi connectivity index (χ4v) is 4.58. The summed E-state index contributed by atoms with van der Waals surface area (Å²) in [4.78, 5) is 32.3. The highest BCUT2D eigenvalue weighted by atomic mass is 32.2. The summed E-state index contributed by atoms with van der Waals surface area (Å²) in [5.74, 6) is 0.0841. The Kier molecular flexibility index (Phi) is 5.95. The number of fused-ring (bicyclic) bond motifs is 1. The Bertz CT molecular complexity index is 1050. The number of amides is 1. The lowest BCUT2D eigenvalue weighted by Crippen LogP contribution is -2.35. The van der Waals surface area contributed by atoms with E-state index >= 15 is 0 Å². The number of aliphatic hydroxyl groups is 1. The van der Waals surface area contributed by atoms with Crippen LogP contribution in [0.4, 0.5) is 5.82 Å². The van der Waals surface area contributed by atoms with Crippen LogP contribution in [0.5, 0.6) is 0 Å². The van der Waals surface area contributed by atoms with Crippen molar-refractivity contribution < 1.29 is 14.6 Å². The third-order valence-electron chi connectivity index (χ3n) is 4.73. The molecule has 2 fully saturated rings. The van der Waals surface area contributed by atoms with Gasteiger partial charge in [-0.1, -0.05) is 30.0 Å². The number of thioether (sulfide) groups is 1. The van der Waals surface area contributed by atoms with Crippen LogP contribution in [0.3, 0.4) is 0 Å². The van der Waals surface area contributed by atoms with Crippen molar-refractivity contribution in [2.45, 2.75) is 18.9 Å². The molecule has 2 aromatic heterocycles. The van der Waals surface area contributed by atoms with Crippen LogP contribution >= 0.6 is 24.0 Å². The zero-order chi connectivity index (χ0) is 20.4. The fraction of sp³-hybridized carbons (Fsp3) is 0.368. The molecule has 0 radical (unpaired) electrons. The molecule has 0 spiro atoms. The molecule has 29 heavy (non-hydrogen) atoms. The third kappa shape index (κ3) is 4.06. The maximum atomic E-state index is 13.0. The second-order valence-electron chi connectivity index (χ2n) is 6.69. The molecule has 0 bridgehead atoms. The highest BCUT2D eigenvalue weighted by Gasteiger charge is 2.35. The number of carbonyl (C=O) groups is 1. The number of thiocarbonyl (C=S) groups is 1. The quantitative estimate of drug-likeness (QED) is 0.524. The first-order chi connectivity index (χ1) is 14.1. The number of nitrogens with one attached hydrogen (secondary N) is 1. The van der Waals surface area contributed by atoms with Crippen LogP contribution in [0.15, 0.2) is 34.1 Å². The predicted octanol–water partition coefficient (Wildman–Crippen LogP) is 1.48. The Morgan fingerprint density at radius 3 is 3.03 bits per heavy atom. The number of nitrogens with zero attached hydrogens (tertiary/aromatic N) is 3. The number of aromatic nitrogens is 2. The summed E-state index contributed by atoms with van der Waals surface area (Å²) in [5, 5.41) is 12.1. The van der Waals surface area contributed by atoms with Gasteiger partial charge in [-0.3, -0.25) is 18.9 Å². The molecule has 4 rings (SSSR count). The smallest absolute Gasteiger partial charge is 0.267 e. The minimum atomic E-state index is -0.305. The standard InChI is InChI=1S/C19H20N4O4S2/c24-8-6-20-16-13(17(25)22-7-2-1-5-15(22)21-16)10-14-18(26)23(19(28)29-14)11-12-4-3-9-27-12/h1-2,5,7,10,12,20,24H,3-4,6,8-9,11H2/b14-10-/t12-/m0/s1. The summed E-state index contributed by atoms with van der Waals surface area (Å²) in [6.45, 7) is 1.25. The van der Waals surface area contributed by atoms with Crippen molar-refractivity contribution in [2.75, 3.05) is 31.6 Å². The molecule has 0 aliphatic carbocycles. The molecule has 2 aliphatic rings. The zero-order valence-electron chi connectivity index (χ0n) is 15.5. The summed E-state index contributed by atoms with van der Waals surface area (Å²) in [7, 11) is 0. The van der Waals surface area contributed by atoms with E-state index in [9.17, 15) is 9.59 Å². The lowest BCUT2D eigenvalue weighted by molar-refractivity contribution is -0.123. The Morgan fingerprint density at radius 2 is 2.28 bits per heavy atom. The minimum absolute atomic E-state index is 0.00778. The maximum absolute atomic E-state index is 13.0. The van der Waals surface area contributed by atoms with E-state index in [0.717, 1.165) is 12.8 Å². The molecule has 10 heteroatoms. The van der Waals surface area contributed by atoms with Gasteiger partial charge in [0.1, 0.15) is 15.8 Å². The first kappa shape index (κ1) is 20.0. The molecule has 1 amide bonds. The zero-order valence-corrected chi connectivity index (χ0v) is 17.2. The van der Waals surface area contributed by atoms with E-state index in [1.807, 2.05) is 0 Å². The van der Waals surface area contributed by atoms with Gasteiger partial charge in [0.2, 0.25) is 0 Å². The fourth-order valence-electron chi connectivity index (χ4n) is 3.32. The molecular formula is C19H20N4O4S2. The number of pyridine rings is 1. The van der Waals surface area contributed by atoms with Gasteiger partial charge in [0, 0.05) is 19.3 Å². The lowest BCUT2D eigenvalue weighted by atomic mass is 10.2. The molecule has 2 aliphatic heterocycles. The third-order valence-corrected chi connectivity index (χ3v) is 6.11. The number of anilines is 1. The van der Waals surface area contributed by atoms with E-state index in [2.05, 4.69) is 10.3 Å². The van der Waals surface area contributed by atoms with Crippen LogP contribution in [0, 0.1) is 0 Å². The molecule has 0 aromatic carbocycles. The first-order valence-corrected chi connectivity index (χ1v) is 10.5. The molecule has 0 unspecified atom stereocenters. The molecule has 1 atom stereocenters. The average Bonchev–Trinajstić information content (AvgIpc) is 3.33. The van der Waals surface area contributed by atoms with Crippen LogP contribution in [-0.2, 0) is 9.53 Å². The van der Waals surface area contributed by atoms with Crippen molar-refractivity contribution in [3.63, 3.8) is 0 Å². The van der Waals surface area contributed by atoms with Crippen LogP contribution in [0.2, 0.25) is 0 Å². The van der Waals surface area contributed by atoms with Gasteiger partial charge in [-0.15, -0.1) is 0 Å². The van der Waals surface area contributed by atoms with Crippen molar-refractivity contribution in [1.82, 2.24) is 14.3 Å². The predicted molar refractivity (Wildman–Crippen MR) is 116 cm³/mol. The van der Waals surface area contributed by atoms with Gasteiger partial charge in [-0.05, 0) is 31.1 Å². The van der Waals surface area contributed by atoms with Crippen molar-refractivity contribution in [3.8, 4) is 0 Å². The Hall–Kier alpha value is -2.27.